The SMILES string of the molecule is CCCN(Cc1ncc(-c2ccc3cc(-c4ccc5nc([C@@H]6CCCN6C(=O)CN)[nH]c5c4)ccc3c2)[nH]1)C(=O)CN. The highest BCUT2D eigenvalue weighted by atomic mass is 16.2. The van der Waals surface area contributed by atoms with E-state index in [0.717, 1.165) is 81.6 Å². The number of benzene rings is 3. The number of carbonyl (C=O) groups is 2. The van der Waals surface area contributed by atoms with Gasteiger partial charge < -0.3 is 31.2 Å². The lowest BCUT2D eigenvalue weighted by atomic mass is 9.99. The second-order valence-corrected chi connectivity index (χ2v) is 10.8. The zero-order valence-corrected chi connectivity index (χ0v) is 23.8. The van der Waals surface area contributed by atoms with Crippen LogP contribution in [0, 0.1) is 0 Å². The Hall–Kier alpha value is -4.54. The molecule has 10 nitrogen and oxygen atoms in total. The number of aromatic amines is 2. The van der Waals surface area contributed by atoms with E-state index in [-0.39, 0.29) is 30.9 Å². The summed E-state index contributed by atoms with van der Waals surface area (Å²) in [5.41, 5.74) is 17.2. The third kappa shape index (κ3) is 5.38. The number of imidazole rings is 2. The molecular formula is C32H36N8O2. The van der Waals surface area contributed by atoms with Crippen molar-refractivity contribution in [2.45, 2.75) is 38.8 Å². The van der Waals surface area contributed by atoms with Crippen molar-refractivity contribution in [3.8, 4) is 22.4 Å². The van der Waals surface area contributed by atoms with Gasteiger partial charge in [-0.1, -0.05) is 37.3 Å². The standard InChI is InChI=1S/C32H36N8O2/c1-2-11-39(30(41)16-33)19-29-35-18-27(36-29)24-8-7-20-13-21(5-6-22(20)14-24)23-9-10-25-26(15-23)38-32(37-25)28-4-3-12-40(28)31(42)17-34/h5-10,13-15,18,28H,2-4,11-12,16-17,19,33-34H2,1H3,(H,35,36)(H,37,38)/t28-/m0/s1. The van der Waals surface area contributed by atoms with Crippen molar-refractivity contribution in [3.63, 3.8) is 0 Å². The number of hydrogen-bond donors (Lipinski definition) is 4. The van der Waals surface area contributed by atoms with E-state index in [4.69, 9.17) is 16.5 Å². The number of hydrogen-bond acceptors (Lipinski definition) is 6. The average Bonchev–Trinajstić information content (AvgIpc) is 3.79. The molecule has 42 heavy (non-hydrogen) atoms. The predicted molar refractivity (Wildman–Crippen MR) is 164 cm³/mol. The first-order valence-corrected chi connectivity index (χ1v) is 14.5. The van der Waals surface area contributed by atoms with E-state index in [1.54, 1.807) is 4.90 Å². The number of nitrogens with two attached hydrogens (primary N) is 2. The molecule has 6 rings (SSSR count). The van der Waals surface area contributed by atoms with Gasteiger partial charge in [-0.3, -0.25) is 9.59 Å². The van der Waals surface area contributed by atoms with E-state index in [9.17, 15) is 9.59 Å². The summed E-state index contributed by atoms with van der Waals surface area (Å²) in [4.78, 5) is 44.2. The van der Waals surface area contributed by atoms with Gasteiger partial charge in [0, 0.05) is 18.7 Å². The van der Waals surface area contributed by atoms with Crippen molar-refractivity contribution in [3.05, 3.63) is 72.4 Å². The zero-order chi connectivity index (χ0) is 29.2. The molecule has 2 aromatic heterocycles. The van der Waals surface area contributed by atoms with Gasteiger partial charge in [0.15, 0.2) is 0 Å². The van der Waals surface area contributed by atoms with Crippen LogP contribution in [0.2, 0.25) is 0 Å². The smallest absolute Gasteiger partial charge is 0.236 e. The van der Waals surface area contributed by atoms with Crippen LogP contribution in [0.4, 0.5) is 0 Å². The monoisotopic (exact) mass is 564 g/mol. The maximum Gasteiger partial charge on any atom is 0.236 e. The molecule has 1 aliphatic rings. The lowest BCUT2D eigenvalue weighted by Gasteiger charge is -2.22. The Morgan fingerprint density at radius 3 is 2.48 bits per heavy atom. The number of nitrogens with one attached hydrogen (secondary N) is 2. The van der Waals surface area contributed by atoms with Crippen LogP contribution in [0.15, 0.2) is 60.8 Å². The highest BCUT2D eigenvalue weighted by Gasteiger charge is 2.31. The molecule has 1 aliphatic heterocycles. The molecule has 1 fully saturated rings. The minimum atomic E-state index is -0.0807. The Balaban J connectivity index is 1.22. The molecular weight excluding hydrogens is 528 g/mol. The number of fused-ring (bicyclic) bond motifs is 2. The minimum absolute atomic E-state index is 0.00633. The summed E-state index contributed by atoms with van der Waals surface area (Å²) >= 11 is 0. The van der Waals surface area contributed by atoms with Gasteiger partial charge in [0.05, 0.1) is 48.6 Å². The van der Waals surface area contributed by atoms with Crippen LogP contribution >= 0.6 is 0 Å². The summed E-state index contributed by atoms with van der Waals surface area (Å²) in [6, 6.07) is 19.0. The van der Waals surface area contributed by atoms with E-state index in [1.807, 2.05) is 24.1 Å². The Labute approximate surface area is 244 Å². The third-order valence-electron chi connectivity index (χ3n) is 8.04. The van der Waals surface area contributed by atoms with Crippen LogP contribution in [0.25, 0.3) is 44.2 Å². The first-order valence-electron chi connectivity index (χ1n) is 14.5. The fraction of sp³-hybridized carbons (Fsp3) is 0.312. The second-order valence-electron chi connectivity index (χ2n) is 10.8. The Morgan fingerprint density at radius 1 is 0.976 bits per heavy atom. The van der Waals surface area contributed by atoms with Gasteiger partial charge in [0.25, 0.3) is 0 Å². The number of carbonyl (C=O) groups excluding carboxylic acids is 2. The van der Waals surface area contributed by atoms with E-state index >= 15 is 0 Å². The average molecular weight is 565 g/mol. The summed E-state index contributed by atoms with van der Waals surface area (Å²) in [7, 11) is 0. The highest BCUT2D eigenvalue weighted by Crippen LogP contribution is 2.33. The van der Waals surface area contributed by atoms with Crippen LogP contribution < -0.4 is 11.5 Å². The molecule has 0 bridgehead atoms. The molecule has 0 aliphatic carbocycles. The Bertz CT molecular complexity index is 1760. The minimum Gasteiger partial charge on any atom is -0.341 e. The summed E-state index contributed by atoms with van der Waals surface area (Å²) < 4.78 is 0. The number of rotatable bonds is 9. The molecule has 1 atom stereocenters. The molecule has 3 aromatic carbocycles. The first-order chi connectivity index (χ1) is 20.5. The number of nitrogens with zero attached hydrogens (tertiary/aromatic N) is 4. The molecule has 0 saturated carbocycles. The lowest BCUT2D eigenvalue weighted by molar-refractivity contribution is -0.131. The number of H-pyrrole nitrogens is 2. The van der Waals surface area contributed by atoms with E-state index in [0.29, 0.717) is 13.1 Å². The summed E-state index contributed by atoms with van der Waals surface area (Å²) in [5.74, 6) is 1.43. The first kappa shape index (κ1) is 27.6. The second kappa shape index (κ2) is 11.8. The predicted octanol–water partition coefficient (Wildman–Crippen LogP) is 4.09. The molecule has 3 heterocycles. The molecule has 1 saturated heterocycles. The van der Waals surface area contributed by atoms with Crippen LogP contribution in [-0.4, -0.2) is 67.7 Å². The molecule has 5 aromatic rings. The topological polar surface area (TPSA) is 150 Å². The van der Waals surface area contributed by atoms with Gasteiger partial charge in [-0.25, -0.2) is 9.97 Å². The third-order valence-corrected chi connectivity index (χ3v) is 8.04. The van der Waals surface area contributed by atoms with Crippen molar-refractivity contribution in [1.29, 1.82) is 0 Å². The van der Waals surface area contributed by atoms with Crippen molar-refractivity contribution in [2.75, 3.05) is 26.2 Å². The largest absolute Gasteiger partial charge is 0.341 e. The maximum absolute atomic E-state index is 12.3. The molecule has 10 heteroatoms. The van der Waals surface area contributed by atoms with Gasteiger partial charge in [0.1, 0.15) is 11.6 Å². The molecule has 2 amide bonds. The molecule has 216 valence electrons. The van der Waals surface area contributed by atoms with E-state index < -0.39 is 0 Å². The van der Waals surface area contributed by atoms with Gasteiger partial charge in [-0.15, -0.1) is 0 Å². The van der Waals surface area contributed by atoms with Crippen molar-refractivity contribution < 1.29 is 9.59 Å². The fourth-order valence-electron chi connectivity index (χ4n) is 5.89. The van der Waals surface area contributed by atoms with Gasteiger partial charge in [0.2, 0.25) is 11.8 Å². The quantitative estimate of drug-likeness (QED) is 0.212. The summed E-state index contributed by atoms with van der Waals surface area (Å²) in [5, 5.41) is 2.25. The van der Waals surface area contributed by atoms with E-state index in [2.05, 4.69) is 63.5 Å². The summed E-state index contributed by atoms with van der Waals surface area (Å²) in [6.07, 6.45) is 4.51. The number of aromatic nitrogens is 4. The lowest BCUT2D eigenvalue weighted by Crippen LogP contribution is -2.36. The van der Waals surface area contributed by atoms with Gasteiger partial charge in [-0.05, 0) is 65.4 Å². The van der Waals surface area contributed by atoms with Crippen molar-refractivity contribution in [2.24, 2.45) is 11.5 Å². The van der Waals surface area contributed by atoms with Crippen molar-refractivity contribution in [1.82, 2.24) is 29.7 Å². The Morgan fingerprint density at radius 2 is 1.71 bits per heavy atom. The molecule has 6 N–H and O–H groups in total. The van der Waals surface area contributed by atoms with Gasteiger partial charge >= 0.3 is 0 Å². The van der Waals surface area contributed by atoms with Gasteiger partial charge in [-0.2, -0.15) is 0 Å². The number of likely N-dealkylation sites (tertiary alicyclic amines) is 1. The molecule has 0 unspecified atom stereocenters. The fourth-order valence-corrected chi connectivity index (χ4v) is 5.89. The van der Waals surface area contributed by atoms with Crippen LogP contribution in [-0.2, 0) is 16.1 Å². The summed E-state index contributed by atoms with van der Waals surface area (Å²) in [6.45, 7) is 3.82. The van der Waals surface area contributed by atoms with Crippen molar-refractivity contribution >= 4 is 33.6 Å². The van der Waals surface area contributed by atoms with Crippen LogP contribution in [0.1, 0.15) is 43.9 Å². The molecule has 0 spiro atoms. The Kier molecular flexibility index (Phi) is 7.73. The molecule has 0 radical (unpaired) electrons. The normalized spacial score (nSPS) is 15.1. The maximum atomic E-state index is 12.3. The highest BCUT2D eigenvalue weighted by molar-refractivity contribution is 5.92. The van der Waals surface area contributed by atoms with Crippen LogP contribution in [0.3, 0.4) is 0 Å². The zero-order valence-electron chi connectivity index (χ0n) is 23.8. The van der Waals surface area contributed by atoms with E-state index in [1.165, 1.54) is 0 Å². The number of amides is 2. The van der Waals surface area contributed by atoms with Crippen LogP contribution in [0.5, 0.6) is 0 Å².